The highest BCUT2D eigenvalue weighted by atomic mass is 35.5. The largest absolute Gasteiger partial charge is 0.382 e. The van der Waals surface area contributed by atoms with Gasteiger partial charge in [-0.05, 0) is 29.9 Å². The summed E-state index contributed by atoms with van der Waals surface area (Å²) in [7, 11) is 0. The Labute approximate surface area is 124 Å². The van der Waals surface area contributed by atoms with E-state index >= 15 is 0 Å². The number of rotatable bonds is 3. The molecule has 3 rings (SSSR count). The van der Waals surface area contributed by atoms with Crippen LogP contribution in [0.15, 0.2) is 14.8 Å². The van der Waals surface area contributed by atoms with Gasteiger partial charge in [-0.3, -0.25) is 0 Å². The average molecular weight is 320 g/mol. The van der Waals surface area contributed by atoms with E-state index in [2.05, 4.69) is 14.0 Å². The van der Waals surface area contributed by atoms with Crippen molar-refractivity contribution in [3.8, 4) is 0 Å². The standard InChI is InChI=1S/C11H11Cl2N3S2/c12-7-3-8(13)10-11(16-18-15-10)9(7)14-4-6-1-2-17-5-6/h3,6,14H,1-2,4-5H2. The van der Waals surface area contributed by atoms with E-state index in [0.717, 1.165) is 35.0 Å². The van der Waals surface area contributed by atoms with Gasteiger partial charge in [-0.1, -0.05) is 23.2 Å². The minimum Gasteiger partial charge on any atom is -0.382 e. The fraction of sp³-hybridized carbons (Fsp3) is 0.455. The zero-order valence-corrected chi connectivity index (χ0v) is 12.6. The second kappa shape index (κ2) is 5.41. The summed E-state index contributed by atoms with van der Waals surface area (Å²) in [5, 5.41) is 4.59. The van der Waals surface area contributed by atoms with Gasteiger partial charge in [0.1, 0.15) is 11.4 Å². The molecule has 1 unspecified atom stereocenters. The number of fused-ring (bicyclic) bond motifs is 1. The molecule has 1 aromatic rings. The summed E-state index contributed by atoms with van der Waals surface area (Å²) in [5.74, 6) is 3.19. The highest BCUT2D eigenvalue weighted by Gasteiger charge is 2.20. The minimum atomic E-state index is 0.561. The summed E-state index contributed by atoms with van der Waals surface area (Å²) in [6, 6.07) is 1.73. The zero-order chi connectivity index (χ0) is 12.5. The third-order valence-corrected chi connectivity index (χ3v) is 5.38. The van der Waals surface area contributed by atoms with Crippen molar-refractivity contribution < 1.29 is 0 Å². The summed E-state index contributed by atoms with van der Waals surface area (Å²) in [4.78, 5) is 0. The molecule has 18 heavy (non-hydrogen) atoms. The van der Waals surface area contributed by atoms with Crippen LogP contribution in [0.1, 0.15) is 6.42 Å². The van der Waals surface area contributed by atoms with Crippen molar-refractivity contribution in [2.75, 3.05) is 23.4 Å². The molecule has 0 aliphatic carbocycles. The Morgan fingerprint density at radius 3 is 2.89 bits per heavy atom. The lowest BCUT2D eigenvalue weighted by molar-refractivity contribution is 0.632. The number of nitrogens with zero attached hydrogens (tertiary/aromatic N) is 2. The number of benzene rings is 1. The molecule has 96 valence electrons. The highest BCUT2D eigenvalue weighted by Crippen LogP contribution is 2.47. The summed E-state index contributed by atoms with van der Waals surface area (Å²) in [5.41, 5.74) is 2.37. The second-order valence-electron chi connectivity index (χ2n) is 4.29. The molecule has 2 heterocycles. The van der Waals surface area contributed by atoms with Crippen molar-refractivity contribution in [2.24, 2.45) is 14.6 Å². The molecule has 0 spiro atoms. The highest BCUT2D eigenvalue weighted by molar-refractivity contribution is 7.99. The molecule has 1 fully saturated rings. The molecule has 0 saturated carbocycles. The van der Waals surface area contributed by atoms with Gasteiger partial charge in [0.25, 0.3) is 0 Å². The van der Waals surface area contributed by atoms with E-state index in [-0.39, 0.29) is 0 Å². The number of thioether (sulfide) groups is 1. The van der Waals surface area contributed by atoms with Crippen molar-refractivity contribution in [3.05, 3.63) is 16.1 Å². The van der Waals surface area contributed by atoms with Crippen molar-refractivity contribution in [1.29, 1.82) is 0 Å². The van der Waals surface area contributed by atoms with E-state index in [1.54, 1.807) is 6.07 Å². The molecule has 2 aliphatic rings. The van der Waals surface area contributed by atoms with E-state index in [4.69, 9.17) is 23.2 Å². The molecule has 1 atom stereocenters. The predicted molar refractivity (Wildman–Crippen MR) is 81.9 cm³/mol. The van der Waals surface area contributed by atoms with Gasteiger partial charge in [-0.25, -0.2) is 0 Å². The van der Waals surface area contributed by atoms with Crippen LogP contribution in [0.4, 0.5) is 17.1 Å². The first-order valence-electron chi connectivity index (χ1n) is 5.67. The number of nitrogens with one attached hydrogen (secondary N) is 1. The smallest absolute Gasteiger partial charge is 0.130 e. The molecule has 0 bridgehead atoms. The lowest BCUT2D eigenvalue weighted by Crippen LogP contribution is -2.13. The third-order valence-electron chi connectivity index (χ3n) is 3.04. The minimum absolute atomic E-state index is 0.561. The fourth-order valence-corrected chi connectivity index (χ4v) is 4.50. The van der Waals surface area contributed by atoms with E-state index in [1.165, 1.54) is 17.9 Å². The Morgan fingerprint density at radius 2 is 2.11 bits per heavy atom. The number of hydrogen-bond acceptors (Lipinski definition) is 4. The lowest BCUT2D eigenvalue weighted by Gasteiger charge is -2.14. The van der Waals surface area contributed by atoms with E-state index in [0.29, 0.717) is 16.0 Å². The Bertz CT molecular complexity index is 550. The molecule has 3 nitrogen and oxygen atoms in total. The van der Waals surface area contributed by atoms with Crippen molar-refractivity contribution in [1.82, 2.24) is 0 Å². The van der Waals surface area contributed by atoms with E-state index in [1.807, 2.05) is 11.8 Å². The van der Waals surface area contributed by atoms with Crippen LogP contribution in [-0.2, 0) is 11.4 Å². The van der Waals surface area contributed by atoms with Crippen molar-refractivity contribution >= 4 is 63.4 Å². The normalized spacial score (nSPS) is 20.9. The zero-order valence-electron chi connectivity index (χ0n) is 9.45. The first kappa shape index (κ1) is 12.8. The maximum absolute atomic E-state index is 6.24. The fourth-order valence-electron chi connectivity index (χ4n) is 2.03. The molecule has 1 aromatic carbocycles. The third kappa shape index (κ3) is 2.41. The number of halogens is 2. The SMILES string of the molecule is Clc1cc(Cl)c(NCC2CCSC2)c2c1N=S=N2. The average Bonchev–Trinajstić information content (AvgIpc) is 2.98. The number of anilines is 1. The molecule has 2 aliphatic heterocycles. The van der Waals surface area contributed by atoms with Gasteiger partial charge in [-0.2, -0.15) is 20.5 Å². The molecule has 1 saturated heterocycles. The van der Waals surface area contributed by atoms with Gasteiger partial charge < -0.3 is 5.32 Å². The van der Waals surface area contributed by atoms with Gasteiger partial charge in [0.05, 0.1) is 27.1 Å². The molecular formula is C11H11Cl2N3S2. The summed E-state index contributed by atoms with van der Waals surface area (Å²) < 4.78 is 8.48. The quantitative estimate of drug-likeness (QED) is 0.874. The monoisotopic (exact) mass is 319 g/mol. The number of hydrogen-bond donors (Lipinski definition) is 1. The summed E-state index contributed by atoms with van der Waals surface area (Å²) >= 11 is 15.5. The molecule has 7 heteroatoms. The van der Waals surface area contributed by atoms with Crippen LogP contribution < -0.4 is 5.32 Å². The summed E-state index contributed by atoms with van der Waals surface area (Å²) in [6.07, 6.45) is 1.27. The van der Waals surface area contributed by atoms with Crippen LogP contribution in [0.25, 0.3) is 0 Å². The van der Waals surface area contributed by atoms with Crippen LogP contribution in [0, 0.1) is 5.92 Å². The van der Waals surface area contributed by atoms with E-state index < -0.39 is 0 Å². The van der Waals surface area contributed by atoms with Gasteiger partial charge in [0.2, 0.25) is 0 Å². The Morgan fingerprint density at radius 1 is 1.28 bits per heavy atom. The lowest BCUT2D eigenvalue weighted by atomic mass is 10.1. The predicted octanol–water partition coefficient (Wildman–Crippen LogP) is 4.88. The van der Waals surface area contributed by atoms with Crippen LogP contribution in [0.2, 0.25) is 10.0 Å². The van der Waals surface area contributed by atoms with Crippen LogP contribution in [0.5, 0.6) is 0 Å². The Balaban J connectivity index is 1.83. The first-order valence-corrected chi connectivity index (χ1v) is 8.31. The topological polar surface area (TPSA) is 36.8 Å². The molecule has 0 amide bonds. The maximum Gasteiger partial charge on any atom is 0.130 e. The Hall–Kier alpha value is -0.230. The van der Waals surface area contributed by atoms with Crippen molar-refractivity contribution in [3.63, 3.8) is 0 Å². The van der Waals surface area contributed by atoms with E-state index in [9.17, 15) is 0 Å². The van der Waals surface area contributed by atoms with Gasteiger partial charge in [-0.15, -0.1) is 0 Å². The summed E-state index contributed by atoms with van der Waals surface area (Å²) in [6.45, 7) is 0.932. The van der Waals surface area contributed by atoms with Crippen LogP contribution >= 0.6 is 35.0 Å². The molecular weight excluding hydrogens is 309 g/mol. The maximum atomic E-state index is 6.24. The second-order valence-corrected chi connectivity index (χ2v) is 6.78. The van der Waals surface area contributed by atoms with Crippen LogP contribution in [-0.4, -0.2) is 18.1 Å². The van der Waals surface area contributed by atoms with Gasteiger partial charge in [0.15, 0.2) is 0 Å². The van der Waals surface area contributed by atoms with Crippen molar-refractivity contribution in [2.45, 2.75) is 6.42 Å². The molecule has 0 radical (unpaired) electrons. The van der Waals surface area contributed by atoms with Gasteiger partial charge in [0, 0.05) is 6.54 Å². The van der Waals surface area contributed by atoms with Gasteiger partial charge >= 0.3 is 0 Å². The Kier molecular flexibility index (Phi) is 3.84. The molecule has 0 aromatic heterocycles. The van der Waals surface area contributed by atoms with Crippen LogP contribution in [0.3, 0.4) is 0 Å². The molecule has 1 N–H and O–H groups in total. The first-order chi connectivity index (χ1) is 8.75.